The average Bonchev–Trinajstić information content (AvgIpc) is 2.30. The number of pyridine rings is 1. The highest BCUT2D eigenvalue weighted by Crippen LogP contribution is 2.18. The van der Waals surface area contributed by atoms with Gasteiger partial charge in [0.25, 0.3) is 0 Å². The molecule has 1 N–H and O–H groups in total. The van der Waals surface area contributed by atoms with Crippen LogP contribution in [0.15, 0.2) is 35.2 Å². The smallest absolute Gasteiger partial charge is 0.140 e. The number of nitrogens with one attached hydrogen (secondary N) is 1. The zero-order chi connectivity index (χ0) is 11.4. The van der Waals surface area contributed by atoms with Gasteiger partial charge in [-0.05, 0) is 35.0 Å². The van der Waals surface area contributed by atoms with Crippen LogP contribution in [-0.4, -0.2) is 15.0 Å². The lowest BCUT2D eigenvalue weighted by atomic mass is 10.4. The molecule has 0 aliphatic heterocycles. The minimum atomic E-state index is 0.614. The lowest BCUT2D eigenvalue weighted by Crippen LogP contribution is -2.04. The Morgan fingerprint density at radius 1 is 1.25 bits per heavy atom. The molecule has 0 aliphatic rings. The molecule has 4 nitrogen and oxygen atoms in total. The van der Waals surface area contributed by atoms with E-state index in [4.69, 9.17) is 0 Å². The van der Waals surface area contributed by atoms with E-state index in [-0.39, 0.29) is 0 Å². The van der Waals surface area contributed by atoms with Crippen molar-refractivity contribution in [2.75, 3.05) is 5.32 Å². The molecule has 2 aromatic rings. The summed E-state index contributed by atoms with van der Waals surface area (Å²) in [5.74, 6) is 0.810. The van der Waals surface area contributed by atoms with E-state index in [1.807, 2.05) is 19.1 Å². The van der Waals surface area contributed by atoms with E-state index in [9.17, 15) is 0 Å². The molecule has 0 aromatic carbocycles. The van der Waals surface area contributed by atoms with E-state index in [0.29, 0.717) is 6.54 Å². The molecule has 0 bridgehead atoms. The molecule has 16 heavy (non-hydrogen) atoms. The van der Waals surface area contributed by atoms with Crippen LogP contribution in [0.4, 0.5) is 5.82 Å². The highest BCUT2D eigenvalue weighted by molar-refractivity contribution is 9.10. The predicted molar refractivity (Wildman–Crippen MR) is 66.0 cm³/mol. The predicted octanol–water partition coefficient (Wildman–Crippen LogP) is 2.55. The third-order valence-corrected chi connectivity index (χ3v) is 2.67. The molecule has 0 atom stereocenters. The number of halogens is 1. The molecule has 2 aromatic heterocycles. The Morgan fingerprint density at radius 3 is 2.81 bits per heavy atom. The maximum Gasteiger partial charge on any atom is 0.140 e. The van der Waals surface area contributed by atoms with Crippen molar-refractivity contribution in [1.29, 1.82) is 0 Å². The zero-order valence-electron chi connectivity index (χ0n) is 8.81. The van der Waals surface area contributed by atoms with Gasteiger partial charge in [0.15, 0.2) is 0 Å². The molecule has 0 unspecified atom stereocenters. The number of anilines is 1. The number of aryl methyl sites for hydroxylation is 1. The largest absolute Gasteiger partial charge is 0.363 e. The van der Waals surface area contributed by atoms with Gasteiger partial charge in [0.05, 0.1) is 28.6 Å². The van der Waals surface area contributed by atoms with Crippen molar-refractivity contribution < 1.29 is 0 Å². The Morgan fingerprint density at radius 2 is 2.12 bits per heavy atom. The summed E-state index contributed by atoms with van der Waals surface area (Å²) in [5.41, 5.74) is 1.81. The van der Waals surface area contributed by atoms with E-state index in [1.165, 1.54) is 0 Å². The van der Waals surface area contributed by atoms with Crippen molar-refractivity contribution >= 4 is 21.7 Å². The summed E-state index contributed by atoms with van der Waals surface area (Å²) in [6.07, 6.45) is 5.26. The van der Waals surface area contributed by atoms with Gasteiger partial charge in [0.1, 0.15) is 5.82 Å². The van der Waals surface area contributed by atoms with Crippen molar-refractivity contribution in [1.82, 2.24) is 15.0 Å². The van der Waals surface area contributed by atoms with E-state index < -0.39 is 0 Å². The zero-order valence-corrected chi connectivity index (χ0v) is 10.4. The Labute approximate surface area is 102 Å². The van der Waals surface area contributed by atoms with Gasteiger partial charge in [-0.2, -0.15) is 0 Å². The molecular formula is C11H11BrN4. The molecule has 0 spiro atoms. The number of hydrogen-bond acceptors (Lipinski definition) is 4. The first-order valence-corrected chi connectivity index (χ1v) is 5.67. The highest BCUT2D eigenvalue weighted by atomic mass is 79.9. The second kappa shape index (κ2) is 5.03. The van der Waals surface area contributed by atoms with Crippen LogP contribution in [0.3, 0.4) is 0 Å². The van der Waals surface area contributed by atoms with Crippen molar-refractivity contribution in [2.24, 2.45) is 0 Å². The molecule has 0 radical (unpaired) electrons. The first kappa shape index (κ1) is 11.0. The highest BCUT2D eigenvalue weighted by Gasteiger charge is 2.00. The number of hydrogen-bond donors (Lipinski definition) is 1. The fourth-order valence-electron chi connectivity index (χ4n) is 1.20. The van der Waals surface area contributed by atoms with Crippen molar-refractivity contribution in [3.8, 4) is 0 Å². The molecule has 2 rings (SSSR count). The summed E-state index contributed by atoms with van der Waals surface area (Å²) >= 11 is 3.42. The van der Waals surface area contributed by atoms with E-state index >= 15 is 0 Å². The van der Waals surface area contributed by atoms with Crippen molar-refractivity contribution in [3.05, 3.63) is 46.6 Å². The monoisotopic (exact) mass is 278 g/mol. The average molecular weight is 279 g/mol. The van der Waals surface area contributed by atoms with Crippen LogP contribution in [-0.2, 0) is 6.54 Å². The van der Waals surface area contributed by atoms with Crippen molar-refractivity contribution in [3.63, 3.8) is 0 Å². The number of nitrogens with zero attached hydrogens (tertiary/aromatic N) is 3. The summed E-state index contributed by atoms with van der Waals surface area (Å²) in [6.45, 7) is 2.53. The number of aromatic nitrogens is 3. The third-order valence-electron chi connectivity index (χ3n) is 2.03. The van der Waals surface area contributed by atoms with Crippen LogP contribution >= 0.6 is 15.9 Å². The fraction of sp³-hybridized carbons (Fsp3) is 0.182. The van der Waals surface area contributed by atoms with Gasteiger partial charge in [-0.15, -0.1) is 0 Å². The van der Waals surface area contributed by atoms with Gasteiger partial charge in [-0.3, -0.25) is 9.97 Å². The van der Waals surface area contributed by atoms with Gasteiger partial charge in [-0.25, -0.2) is 4.98 Å². The number of rotatable bonds is 3. The molecule has 5 heteroatoms. The lowest BCUT2D eigenvalue weighted by Gasteiger charge is -2.06. The molecule has 0 fully saturated rings. The van der Waals surface area contributed by atoms with Gasteiger partial charge >= 0.3 is 0 Å². The van der Waals surface area contributed by atoms with E-state index in [1.54, 1.807) is 18.6 Å². The van der Waals surface area contributed by atoms with Crippen LogP contribution < -0.4 is 5.32 Å². The molecule has 0 saturated carbocycles. The summed E-state index contributed by atoms with van der Waals surface area (Å²) in [6, 6.07) is 3.82. The lowest BCUT2D eigenvalue weighted by molar-refractivity contribution is 0.975. The topological polar surface area (TPSA) is 50.7 Å². The van der Waals surface area contributed by atoms with Crippen molar-refractivity contribution in [2.45, 2.75) is 13.5 Å². The normalized spacial score (nSPS) is 10.1. The molecule has 0 amide bonds. The van der Waals surface area contributed by atoms with Crippen LogP contribution in [0.2, 0.25) is 0 Å². The molecule has 2 heterocycles. The Hall–Kier alpha value is -1.49. The summed E-state index contributed by atoms with van der Waals surface area (Å²) in [4.78, 5) is 12.6. The molecule has 0 aliphatic carbocycles. The first-order chi connectivity index (χ1) is 7.75. The van der Waals surface area contributed by atoms with Gasteiger partial charge in [0.2, 0.25) is 0 Å². The Bertz CT molecular complexity index is 470. The third kappa shape index (κ3) is 2.76. The second-order valence-electron chi connectivity index (χ2n) is 3.34. The Balaban J connectivity index is 2.02. The Kier molecular flexibility index (Phi) is 3.46. The summed E-state index contributed by atoms with van der Waals surface area (Å²) in [5, 5.41) is 3.19. The first-order valence-electron chi connectivity index (χ1n) is 4.87. The molecular weight excluding hydrogens is 268 g/mol. The maximum absolute atomic E-state index is 4.25. The van der Waals surface area contributed by atoms with Gasteiger partial charge in [-0.1, -0.05) is 0 Å². The van der Waals surface area contributed by atoms with Crippen LogP contribution in [0.25, 0.3) is 0 Å². The molecule has 0 saturated heterocycles. The van der Waals surface area contributed by atoms with E-state index in [2.05, 4.69) is 36.2 Å². The quantitative estimate of drug-likeness (QED) is 0.938. The van der Waals surface area contributed by atoms with E-state index in [0.717, 1.165) is 21.7 Å². The SMILES string of the molecule is Cc1cnc(CNc2ncccc2Br)cn1. The maximum atomic E-state index is 4.25. The van der Waals surface area contributed by atoms with Gasteiger partial charge < -0.3 is 5.32 Å². The summed E-state index contributed by atoms with van der Waals surface area (Å²) in [7, 11) is 0. The second-order valence-corrected chi connectivity index (χ2v) is 4.19. The standard InChI is InChI=1S/C11H11BrN4/c1-8-5-15-9(6-14-8)7-16-11-10(12)3-2-4-13-11/h2-6H,7H2,1H3,(H,13,16). The summed E-state index contributed by atoms with van der Waals surface area (Å²) < 4.78 is 0.940. The van der Waals surface area contributed by atoms with Gasteiger partial charge in [0, 0.05) is 12.4 Å². The van der Waals surface area contributed by atoms with Crippen LogP contribution in [0, 0.1) is 6.92 Å². The van der Waals surface area contributed by atoms with Crippen LogP contribution in [0.1, 0.15) is 11.4 Å². The molecule has 82 valence electrons. The minimum Gasteiger partial charge on any atom is -0.363 e. The minimum absolute atomic E-state index is 0.614. The fourth-order valence-corrected chi connectivity index (χ4v) is 1.60. The van der Waals surface area contributed by atoms with Crippen LogP contribution in [0.5, 0.6) is 0 Å².